The van der Waals surface area contributed by atoms with Crippen molar-refractivity contribution in [2.75, 3.05) is 50.2 Å². The van der Waals surface area contributed by atoms with Crippen LogP contribution in [0.25, 0.3) is 0 Å². The third-order valence-electron chi connectivity index (χ3n) is 6.55. The van der Waals surface area contributed by atoms with Crippen molar-refractivity contribution in [3.63, 3.8) is 0 Å². The molecule has 4 rings (SSSR count). The van der Waals surface area contributed by atoms with E-state index in [4.69, 9.17) is 26.7 Å². The highest BCUT2D eigenvalue weighted by atomic mass is 32.1. The van der Waals surface area contributed by atoms with E-state index in [1.165, 1.54) is 25.0 Å². The molecule has 0 unspecified atom stereocenters. The first-order chi connectivity index (χ1) is 16.1. The van der Waals surface area contributed by atoms with Gasteiger partial charge in [0.15, 0.2) is 5.11 Å². The number of rotatable bonds is 6. The molecule has 0 aliphatic carbocycles. The SMILES string of the molecule is COc1cc(N2CCCCCC2)nc(NC(=S)NCC2(c3ccc(F)cc3)CCOCC2)n1. The second-order valence-electron chi connectivity index (χ2n) is 8.70. The molecule has 2 fully saturated rings. The van der Waals surface area contributed by atoms with Crippen molar-refractivity contribution in [2.24, 2.45) is 0 Å². The minimum Gasteiger partial charge on any atom is -0.481 e. The normalized spacial score (nSPS) is 18.3. The molecule has 2 aromatic rings. The third kappa shape index (κ3) is 6.09. The Morgan fingerprint density at radius 1 is 1.12 bits per heavy atom. The minimum atomic E-state index is -0.235. The van der Waals surface area contributed by atoms with E-state index in [-0.39, 0.29) is 11.2 Å². The van der Waals surface area contributed by atoms with Gasteiger partial charge in [0.1, 0.15) is 11.6 Å². The van der Waals surface area contributed by atoms with Crippen LogP contribution in [0.2, 0.25) is 0 Å². The molecule has 0 spiro atoms. The van der Waals surface area contributed by atoms with Gasteiger partial charge >= 0.3 is 0 Å². The molecule has 0 radical (unpaired) electrons. The van der Waals surface area contributed by atoms with Crippen molar-refractivity contribution >= 4 is 29.1 Å². The summed E-state index contributed by atoms with van der Waals surface area (Å²) < 4.78 is 24.5. The standard InChI is InChI=1S/C24H32FN5O2S/c1-31-21-16-20(30-12-4-2-3-5-13-30)27-22(28-21)29-23(33)26-17-24(10-14-32-15-11-24)18-6-8-19(25)9-7-18/h6-9,16H,2-5,10-15,17H2,1H3,(H2,26,27,28,29,33). The summed E-state index contributed by atoms with van der Waals surface area (Å²) >= 11 is 5.58. The fourth-order valence-corrected chi connectivity index (χ4v) is 4.73. The Labute approximate surface area is 200 Å². The molecule has 1 aromatic carbocycles. The molecule has 0 bridgehead atoms. The van der Waals surface area contributed by atoms with E-state index >= 15 is 0 Å². The first-order valence-corrected chi connectivity index (χ1v) is 12.1. The molecule has 2 saturated heterocycles. The van der Waals surface area contributed by atoms with Crippen LogP contribution in [0.4, 0.5) is 16.2 Å². The average Bonchev–Trinajstić information content (AvgIpc) is 3.13. The average molecular weight is 474 g/mol. The predicted octanol–water partition coefficient (Wildman–Crippen LogP) is 4.04. The van der Waals surface area contributed by atoms with Crippen molar-refractivity contribution < 1.29 is 13.9 Å². The summed E-state index contributed by atoms with van der Waals surface area (Å²) in [6.45, 7) is 3.89. The zero-order valence-electron chi connectivity index (χ0n) is 19.1. The lowest BCUT2D eigenvalue weighted by Crippen LogP contribution is -2.45. The Morgan fingerprint density at radius 3 is 2.48 bits per heavy atom. The van der Waals surface area contributed by atoms with Gasteiger partial charge in [0.05, 0.1) is 7.11 Å². The Bertz CT molecular complexity index is 929. The van der Waals surface area contributed by atoms with Gasteiger partial charge in [0.2, 0.25) is 11.8 Å². The van der Waals surface area contributed by atoms with Gasteiger partial charge in [-0.1, -0.05) is 25.0 Å². The number of nitrogens with zero attached hydrogens (tertiary/aromatic N) is 3. The monoisotopic (exact) mass is 473 g/mol. The van der Waals surface area contributed by atoms with E-state index in [9.17, 15) is 4.39 Å². The van der Waals surface area contributed by atoms with E-state index in [2.05, 4.69) is 20.5 Å². The zero-order valence-corrected chi connectivity index (χ0v) is 19.9. The highest BCUT2D eigenvalue weighted by Gasteiger charge is 2.34. The summed E-state index contributed by atoms with van der Waals surface area (Å²) in [4.78, 5) is 11.4. The maximum atomic E-state index is 13.5. The van der Waals surface area contributed by atoms with Crippen LogP contribution in [0.15, 0.2) is 30.3 Å². The van der Waals surface area contributed by atoms with E-state index in [0.717, 1.165) is 50.2 Å². The van der Waals surface area contributed by atoms with Crippen molar-refractivity contribution in [1.29, 1.82) is 0 Å². The molecule has 2 aliphatic heterocycles. The maximum Gasteiger partial charge on any atom is 0.234 e. The second kappa shape index (κ2) is 11.1. The van der Waals surface area contributed by atoms with E-state index < -0.39 is 0 Å². The maximum absolute atomic E-state index is 13.5. The number of anilines is 2. The molecule has 0 atom stereocenters. The lowest BCUT2D eigenvalue weighted by Gasteiger charge is -2.38. The number of hydrogen-bond acceptors (Lipinski definition) is 6. The van der Waals surface area contributed by atoms with Gasteiger partial charge in [-0.05, 0) is 55.6 Å². The summed E-state index contributed by atoms with van der Waals surface area (Å²) in [6, 6.07) is 8.61. The summed E-state index contributed by atoms with van der Waals surface area (Å²) in [5.74, 6) is 1.53. The van der Waals surface area contributed by atoms with Crippen LogP contribution in [0, 0.1) is 5.82 Å². The summed E-state index contributed by atoms with van der Waals surface area (Å²) in [5.41, 5.74) is 0.910. The lowest BCUT2D eigenvalue weighted by molar-refractivity contribution is 0.0515. The molecule has 9 heteroatoms. The van der Waals surface area contributed by atoms with E-state index in [1.807, 2.05) is 18.2 Å². The number of thiocarbonyl (C=S) groups is 1. The van der Waals surface area contributed by atoms with Gasteiger partial charge in [-0.3, -0.25) is 0 Å². The number of methoxy groups -OCH3 is 1. The van der Waals surface area contributed by atoms with Crippen molar-refractivity contribution in [3.05, 3.63) is 41.7 Å². The van der Waals surface area contributed by atoms with Crippen LogP contribution in [-0.4, -0.2) is 55.0 Å². The van der Waals surface area contributed by atoms with E-state index in [1.54, 1.807) is 7.11 Å². The molecular weight excluding hydrogens is 441 g/mol. The number of halogens is 1. The Hall–Kier alpha value is -2.52. The molecule has 0 amide bonds. The number of nitrogens with one attached hydrogen (secondary N) is 2. The van der Waals surface area contributed by atoms with E-state index in [0.29, 0.717) is 36.7 Å². The first-order valence-electron chi connectivity index (χ1n) is 11.6. The fraction of sp³-hybridized carbons (Fsp3) is 0.542. The molecule has 33 heavy (non-hydrogen) atoms. The Balaban J connectivity index is 1.45. The third-order valence-corrected chi connectivity index (χ3v) is 6.79. The van der Waals surface area contributed by atoms with Crippen molar-refractivity contribution in [1.82, 2.24) is 15.3 Å². The van der Waals surface area contributed by atoms with Gasteiger partial charge in [0.25, 0.3) is 0 Å². The molecule has 1 aromatic heterocycles. The molecule has 2 N–H and O–H groups in total. The van der Waals surface area contributed by atoms with Gasteiger partial charge < -0.3 is 25.0 Å². The zero-order chi connectivity index (χ0) is 23.1. The highest BCUT2D eigenvalue weighted by molar-refractivity contribution is 7.80. The predicted molar refractivity (Wildman–Crippen MR) is 132 cm³/mol. The Morgan fingerprint density at radius 2 is 1.82 bits per heavy atom. The van der Waals surface area contributed by atoms with Crippen molar-refractivity contribution in [3.8, 4) is 5.88 Å². The largest absolute Gasteiger partial charge is 0.481 e. The summed E-state index contributed by atoms with van der Waals surface area (Å²) in [5, 5.41) is 6.91. The van der Waals surface area contributed by atoms with Gasteiger partial charge in [-0.2, -0.15) is 9.97 Å². The van der Waals surface area contributed by atoms with Crippen LogP contribution < -0.4 is 20.3 Å². The van der Waals surface area contributed by atoms with Crippen LogP contribution in [0.3, 0.4) is 0 Å². The first kappa shape index (κ1) is 23.6. The molecule has 178 valence electrons. The molecular formula is C24H32FN5O2S. The molecule has 3 heterocycles. The Kier molecular flexibility index (Phi) is 7.93. The fourth-order valence-electron chi connectivity index (χ4n) is 4.56. The second-order valence-corrected chi connectivity index (χ2v) is 9.11. The highest BCUT2D eigenvalue weighted by Crippen LogP contribution is 2.34. The topological polar surface area (TPSA) is 71.5 Å². The lowest BCUT2D eigenvalue weighted by atomic mass is 9.74. The van der Waals surface area contributed by atoms with Crippen LogP contribution in [0.5, 0.6) is 5.88 Å². The molecule has 7 nitrogen and oxygen atoms in total. The quantitative estimate of drug-likeness (QED) is 0.609. The minimum absolute atomic E-state index is 0.176. The summed E-state index contributed by atoms with van der Waals surface area (Å²) in [6.07, 6.45) is 6.48. The van der Waals surface area contributed by atoms with Crippen LogP contribution >= 0.6 is 12.2 Å². The van der Waals surface area contributed by atoms with Gasteiger partial charge in [-0.25, -0.2) is 4.39 Å². The van der Waals surface area contributed by atoms with Crippen LogP contribution in [-0.2, 0) is 10.2 Å². The molecule has 2 aliphatic rings. The van der Waals surface area contributed by atoms with Crippen LogP contribution in [0.1, 0.15) is 44.1 Å². The number of benzene rings is 1. The van der Waals surface area contributed by atoms with Gasteiger partial charge in [0, 0.05) is 44.3 Å². The number of ether oxygens (including phenoxy) is 2. The number of aromatic nitrogens is 2. The smallest absolute Gasteiger partial charge is 0.234 e. The van der Waals surface area contributed by atoms with Gasteiger partial charge in [-0.15, -0.1) is 0 Å². The summed E-state index contributed by atoms with van der Waals surface area (Å²) in [7, 11) is 1.60. The molecule has 0 saturated carbocycles. The number of hydrogen-bond donors (Lipinski definition) is 2. The van der Waals surface area contributed by atoms with Crippen molar-refractivity contribution in [2.45, 2.75) is 43.9 Å².